The minimum Gasteiger partial charge on any atom is -0.478 e. The minimum absolute atomic E-state index is 0.237. The van der Waals surface area contributed by atoms with Crippen LogP contribution in [-0.2, 0) is 0 Å². The number of carboxylic acids is 1. The highest BCUT2D eigenvalue weighted by Crippen LogP contribution is 2.24. The molecule has 1 aliphatic heterocycles. The Hall–Kier alpha value is -3.26. The highest BCUT2D eigenvalue weighted by Gasteiger charge is 2.18. The molecule has 1 saturated heterocycles. The number of nitrogens with zero attached hydrogens (tertiary/aromatic N) is 4. The van der Waals surface area contributed by atoms with Crippen molar-refractivity contribution in [3.63, 3.8) is 0 Å². The Morgan fingerprint density at radius 3 is 2.50 bits per heavy atom. The Kier molecular flexibility index (Phi) is 4.79. The van der Waals surface area contributed by atoms with Crippen molar-refractivity contribution in [1.82, 2.24) is 19.9 Å². The fourth-order valence-corrected chi connectivity index (χ4v) is 3.38. The molecule has 1 aromatic carbocycles. The molecule has 4 rings (SSSR count). The lowest BCUT2D eigenvalue weighted by molar-refractivity contribution is 0.0697. The van der Waals surface area contributed by atoms with Crippen LogP contribution in [0.15, 0.2) is 36.4 Å². The first-order valence-corrected chi connectivity index (χ1v) is 9.22. The quantitative estimate of drug-likeness (QED) is 0.634. The van der Waals surface area contributed by atoms with E-state index in [1.165, 1.54) is 0 Å². The summed E-state index contributed by atoms with van der Waals surface area (Å²) in [6.45, 7) is 2.07. The maximum Gasteiger partial charge on any atom is 0.335 e. The fraction of sp³-hybridized carbons (Fsp3) is 0.300. The Morgan fingerprint density at radius 2 is 1.82 bits per heavy atom. The molecule has 0 bridgehead atoms. The summed E-state index contributed by atoms with van der Waals surface area (Å²) in [5.74, 6) is -0.0747. The van der Waals surface area contributed by atoms with E-state index in [1.807, 2.05) is 12.1 Å². The van der Waals surface area contributed by atoms with Crippen LogP contribution in [0.3, 0.4) is 0 Å². The second-order valence-electron chi connectivity index (χ2n) is 7.10. The molecule has 1 aliphatic rings. The maximum atomic E-state index is 11.0. The van der Waals surface area contributed by atoms with Crippen molar-refractivity contribution in [2.45, 2.75) is 18.9 Å². The molecule has 0 amide bonds. The molecule has 8 nitrogen and oxygen atoms in total. The molecule has 0 atom stereocenters. The van der Waals surface area contributed by atoms with Crippen molar-refractivity contribution in [3.8, 4) is 11.3 Å². The summed E-state index contributed by atoms with van der Waals surface area (Å²) in [5.41, 5.74) is 8.39. The molecular formula is C20H22N6O2. The molecule has 0 radical (unpaired) electrons. The summed E-state index contributed by atoms with van der Waals surface area (Å²) < 4.78 is 0. The van der Waals surface area contributed by atoms with Crippen LogP contribution in [0.25, 0.3) is 22.3 Å². The van der Waals surface area contributed by atoms with E-state index in [9.17, 15) is 4.79 Å². The topological polar surface area (TPSA) is 117 Å². The normalized spacial score (nSPS) is 15.6. The molecule has 8 heteroatoms. The Balaban J connectivity index is 1.63. The molecule has 0 unspecified atom stereocenters. The number of anilines is 2. The molecular weight excluding hydrogens is 356 g/mol. The van der Waals surface area contributed by atoms with Gasteiger partial charge in [-0.1, -0.05) is 12.1 Å². The van der Waals surface area contributed by atoms with Crippen LogP contribution in [0.5, 0.6) is 0 Å². The highest BCUT2D eigenvalue weighted by molar-refractivity contribution is 5.89. The van der Waals surface area contributed by atoms with Crippen LogP contribution in [0.1, 0.15) is 23.2 Å². The predicted molar refractivity (Wildman–Crippen MR) is 108 cm³/mol. The number of pyridine rings is 1. The smallest absolute Gasteiger partial charge is 0.335 e. The van der Waals surface area contributed by atoms with Gasteiger partial charge in [-0.05, 0) is 57.2 Å². The predicted octanol–water partition coefficient (Wildman–Crippen LogP) is 2.48. The van der Waals surface area contributed by atoms with Crippen LogP contribution >= 0.6 is 0 Å². The Morgan fingerprint density at radius 1 is 1.11 bits per heavy atom. The van der Waals surface area contributed by atoms with Gasteiger partial charge in [-0.2, -0.15) is 9.97 Å². The van der Waals surface area contributed by atoms with Crippen LogP contribution in [0, 0.1) is 0 Å². The number of benzene rings is 1. The molecule has 2 aromatic heterocycles. The van der Waals surface area contributed by atoms with Gasteiger partial charge in [-0.15, -0.1) is 0 Å². The van der Waals surface area contributed by atoms with E-state index in [0.29, 0.717) is 34.5 Å². The monoisotopic (exact) mass is 378 g/mol. The van der Waals surface area contributed by atoms with E-state index in [-0.39, 0.29) is 5.56 Å². The third kappa shape index (κ3) is 3.72. The van der Waals surface area contributed by atoms with Crippen molar-refractivity contribution in [2.75, 3.05) is 31.2 Å². The first kappa shape index (κ1) is 18.1. The molecule has 28 heavy (non-hydrogen) atoms. The zero-order valence-electron chi connectivity index (χ0n) is 15.6. The van der Waals surface area contributed by atoms with Gasteiger partial charge in [0.05, 0.1) is 16.6 Å². The van der Waals surface area contributed by atoms with Crippen molar-refractivity contribution in [1.29, 1.82) is 0 Å². The second kappa shape index (κ2) is 7.40. The van der Waals surface area contributed by atoms with Gasteiger partial charge in [0.1, 0.15) is 5.82 Å². The van der Waals surface area contributed by atoms with Crippen LogP contribution in [-0.4, -0.2) is 57.1 Å². The van der Waals surface area contributed by atoms with Crippen LogP contribution < -0.4 is 11.1 Å². The number of carboxylic acid groups (broad SMARTS) is 1. The van der Waals surface area contributed by atoms with Gasteiger partial charge in [0, 0.05) is 11.6 Å². The summed E-state index contributed by atoms with van der Waals surface area (Å²) in [4.78, 5) is 26.9. The molecule has 1 fully saturated rings. The number of hydrogen-bond acceptors (Lipinski definition) is 7. The Labute approximate surface area is 162 Å². The van der Waals surface area contributed by atoms with Gasteiger partial charge in [0.15, 0.2) is 5.65 Å². The van der Waals surface area contributed by atoms with E-state index in [0.717, 1.165) is 31.5 Å². The maximum absolute atomic E-state index is 11.0. The van der Waals surface area contributed by atoms with Crippen molar-refractivity contribution in [3.05, 3.63) is 42.0 Å². The number of hydrogen-bond donors (Lipinski definition) is 3. The number of nitrogen functional groups attached to an aromatic ring is 1. The summed E-state index contributed by atoms with van der Waals surface area (Å²) >= 11 is 0. The molecule has 3 aromatic rings. The minimum atomic E-state index is -0.955. The number of likely N-dealkylation sites (tertiary alicyclic amines) is 1. The van der Waals surface area contributed by atoms with E-state index >= 15 is 0 Å². The van der Waals surface area contributed by atoms with Gasteiger partial charge < -0.3 is 21.1 Å². The summed E-state index contributed by atoms with van der Waals surface area (Å²) in [6, 6.07) is 10.6. The Bertz CT molecular complexity index is 1010. The highest BCUT2D eigenvalue weighted by atomic mass is 16.4. The first-order valence-electron chi connectivity index (χ1n) is 9.22. The number of aromatic carboxylic acids is 1. The number of nitrogens with one attached hydrogen (secondary N) is 1. The molecule has 144 valence electrons. The number of fused-ring (bicyclic) bond motifs is 1. The number of nitrogens with two attached hydrogens (primary N) is 1. The lowest BCUT2D eigenvalue weighted by Crippen LogP contribution is -2.37. The summed E-state index contributed by atoms with van der Waals surface area (Å²) in [7, 11) is 2.12. The van der Waals surface area contributed by atoms with Gasteiger partial charge in [0.25, 0.3) is 0 Å². The van der Waals surface area contributed by atoms with Gasteiger partial charge in [0.2, 0.25) is 5.95 Å². The molecule has 0 spiro atoms. The lowest BCUT2D eigenvalue weighted by Gasteiger charge is -2.29. The third-order valence-electron chi connectivity index (χ3n) is 5.07. The van der Waals surface area contributed by atoms with Crippen molar-refractivity contribution in [2.24, 2.45) is 0 Å². The SMILES string of the molecule is CN1CCC(Nc2nc(N)c3ccc(-c4ccc(C(=O)O)cc4)nc3n2)CC1. The van der Waals surface area contributed by atoms with E-state index in [2.05, 4.69) is 32.2 Å². The lowest BCUT2D eigenvalue weighted by atomic mass is 10.1. The standard InChI is InChI=1S/C20H22N6O2/c1-26-10-8-14(9-11-26)22-20-24-17(21)15-6-7-16(23-18(15)25-20)12-2-4-13(5-3-12)19(27)28/h2-7,14H,8-11H2,1H3,(H,27,28)(H3,21,22,23,24,25). The number of carbonyl (C=O) groups is 1. The van der Waals surface area contributed by atoms with Gasteiger partial charge in [-0.3, -0.25) is 0 Å². The largest absolute Gasteiger partial charge is 0.478 e. The molecule has 4 N–H and O–H groups in total. The fourth-order valence-electron chi connectivity index (χ4n) is 3.38. The third-order valence-corrected chi connectivity index (χ3v) is 5.07. The molecule has 0 aliphatic carbocycles. The second-order valence-corrected chi connectivity index (χ2v) is 7.10. The first-order chi connectivity index (χ1) is 13.5. The average molecular weight is 378 g/mol. The number of rotatable bonds is 4. The summed E-state index contributed by atoms with van der Waals surface area (Å²) in [5, 5.41) is 13.1. The van der Waals surface area contributed by atoms with Gasteiger partial charge >= 0.3 is 5.97 Å². The van der Waals surface area contributed by atoms with E-state index in [1.54, 1.807) is 24.3 Å². The van der Waals surface area contributed by atoms with Crippen molar-refractivity contribution < 1.29 is 9.90 Å². The average Bonchev–Trinajstić information content (AvgIpc) is 2.69. The van der Waals surface area contributed by atoms with Crippen LogP contribution in [0.4, 0.5) is 11.8 Å². The van der Waals surface area contributed by atoms with Gasteiger partial charge in [-0.25, -0.2) is 9.78 Å². The molecule has 0 saturated carbocycles. The van der Waals surface area contributed by atoms with Crippen molar-refractivity contribution >= 4 is 28.8 Å². The van der Waals surface area contributed by atoms with Crippen LogP contribution in [0.2, 0.25) is 0 Å². The van der Waals surface area contributed by atoms with E-state index in [4.69, 9.17) is 10.8 Å². The zero-order valence-corrected chi connectivity index (χ0v) is 15.6. The zero-order chi connectivity index (χ0) is 19.7. The number of aromatic nitrogens is 3. The van der Waals surface area contributed by atoms with E-state index < -0.39 is 5.97 Å². The number of piperidine rings is 1. The molecule has 3 heterocycles. The summed E-state index contributed by atoms with van der Waals surface area (Å²) in [6.07, 6.45) is 2.06.